The average Bonchev–Trinajstić information content (AvgIpc) is 2.67. The third kappa shape index (κ3) is 3.67. The van der Waals surface area contributed by atoms with E-state index in [-0.39, 0.29) is 23.3 Å². The third-order valence-corrected chi connectivity index (χ3v) is 4.92. The van der Waals surface area contributed by atoms with E-state index in [1.165, 1.54) is 30.4 Å². The zero-order valence-electron chi connectivity index (χ0n) is 14.8. The number of amides is 1. The van der Waals surface area contributed by atoms with E-state index < -0.39 is 4.92 Å². The fourth-order valence-electron chi connectivity index (χ4n) is 3.29. The molecule has 0 bridgehead atoms. The van der Waals surface area contributed by atoms with Gasteiger partial charge in [-0.3, -0.25) is 14.9 Å². The first kappa shape index (κ1) is 17.9. The van der Waals surface area contributed by atoms with Gasteiger partial charge in [0.05, 0.1) is 24.6 Å². The number of ether oxygens (including phenoxy) is 1. The van der Waals surface area contributed by atoms with Crippen LogP contribution in [0, 0.1) is 10.1 Å². The molecule has 0 fully saturated rings. The van der Waals surface area contributed by atoms with Gasteiger partial charge in [-0.15, -0.1) is 0 Å². The lowest BCUT2D eigenvalue weighted by Crippen LogP contribution is -3.16. The molecule has 0 spiro atoms. The molecular weight excluding hydrogens is 334 g/mol. The molecule has 3 rings (SSSR count). The average molecular weight is 356 g/mol. The maximum Gasteiger partial charge on any atom is 0.296 e. The number of anilines is 1. The summed E-state index contributed by atoms with van der Waals surface area (Å²) in [5, 5.41) is 14.0. The van der Waals surface area contributed by atoms with E-state index in [9.17, 15) is 14.9 Å². The van der Waals surface area contributed by atoms with Crippen LogP contribution in [-0.4, -0.2) is 30.5 Å². The fourth-order valence-corrected chi connectivity index (χ4v) is 3.29. The summed E-state index contributed by atoms with van der Waals surface area (Å²) >= 11 is 0. The van der Waals surface area contributed by atoms with Crippen LogP contribution >= 0.6 is 0 Å². The number of nitro groups is 1. The van der Waals surface area contributed by atoms with E-state index in [1.807, 2.05) is 19.1 Å². The van der Waals surface area contributed by atoms with Gasteiger partial charge in [-0.25, -0.2) is 0 Å². The highest BCUT2D eigenvalue weighted by Gasteiger charge is 2.30. The molecule has 0 aliphatic carbocycles. The molecule has 0 saturated heterocycles. The molecule has 1 heterocycles. The highest BCUT2D eigenvalue weighted by molar-refractivity contribution is 5.95. The van der Waals surface area contributed by atoms with E-state index in [1.54, 1.807) is 6.07 Å². The molecule has 2 aromatic carbocycles. The summed E-state index contributed by atoms with van der Waals surface area (Å²) in [4.78, 5) is 24.6. The van der Waals surface area contributed by atoms with Crippen LogP contribution in [-0.2, 0) is 17.8 Å². The van der Waals surface area contributed by atoms with Crippen molar-refractivity contribution in [3.63, 3.8) is 0 Å². The first-order chi connectivity index (χ1) is 12.5. The zero-order valence-corrected chi connectivity index (χ0v) is 14.8. The largest absolute Gasteiger partial charge is 0.496 e. The zero-order chi connectivity index (χ0) is 18.7. The SMILES string of the molecule is COc1ccc(NC(=O)[C@H](C)[NH+]2CCc3ccccc3C2)c([N+](=O)[O-])c1. The van der Waals surface area contributed by atoms with Gasteiger partial charge in [0.1, 0.15) is 18.0 Å². The highest BCUT2D eigenvalue weighted by Crippen LogP contribution is 2.29. The van der Waals surface area contributed by atoms with Crippen LogP contribution in [0.1, 0.15) is 18.1 Å². The lowest BCUT2D eigenvalue weighted by Gasteiger charge is -2.30. The molecule has 1 aliphatic heterocycles. The standard InChI is InChI=1S/C19H21N3O4/c1-13(21-10-9-14-5-3-4-6-15(14)12-21)19(23)20-17-8-7-16(26-2)11-18(17)22(24)25/h3-8,11,13H,9-10,12H2,1-2H3,(H,20,23)/p+1/t13-/m0/s1. The molecule has 0 aromatic heterocycles. The van der Waals surface area contributed by atoms with Gasteiger partial charge in [0.25, 0.3) is 11.6 Å². The summed E-state index contributed by atoms with van der Waals surface area (Å²) < 4.78 is 5.02. The Balaban J connectivity index is 1.73. The van der Waals surface area contributed by atoms with Crippen molar-refractivity contribution >= 4 is 17.3 Å². The van der Waals surface area contributed by atoms with E-state index in [4.69, 9.17) is 4.74 Å². The first-order valence-electron chi connectivity index (χ1n) is 8.54. The monoisotopic (exact) mass is 356 g/mol. The van der Waals surface area contributed by atoms with Gasteiger partial charge in [-0.05, 0) is 24.6 Å². The molecule has 1 unspecified atom stereocenters. The number of methoxy groups -OCH3 is 1. The molecule has 2 N–H and O–H groups in total. The Hall–Kier alpha value is -2.93. The molecular formula is C19H22N3O4+. The Morgan fingerprint density at radius 1 is 1.27 bits per heavy atom. The number of quaternary nitrogens is 1. The van der Waals surface area contributed by atoms with Gasteiger partial charge >= 0.3 is 0 Å². The van der Waals surface area contributed by atoms with Crippen molar-refractivity contribution in [3.05, 3.63) is 63.7 Å². The van der Waals surface area contributed by atoms with Crippen LogP contribution in [0.3, 0.4) is 0 Å². The van der Waals surface area contributed by atoms with Gasteiger partial charge in [-0.1, -0.05) is 24.3 Å². The van der Waals surface area contributed by atoms with Crippen LogP contribution in [0.15, 0.2) is 42.5 Å². The van der Waals surface area contributed by atoms with E-state index >= 15 is 0 Å². The van der Waals surface area contributed by atoms with Crippen LogP contribution < -0.4 is 15.0 Å². The van der Waals surface area contributed by atoms with Crippen molar-refractivity contribution < 1.29 is 19.4 Å². The van der Waals surface area contributed by atoms with Crippen LogP contribution in [0.25, 0.3) is 0 Å². The molecule has 1 aliphatic rings. The molecule has 7 heteroatoms. The maximum absolute atomic E-state index is 12.7. The summed E-state index contributed by atoms with van der Waals surface area (Å²) in [6.07, 6.45) is 0.922. The number of nitrogens with one attached hydrogen (secondary N) is 2. The Labute approximate surface area is 151 Å². The van der Waals surface area contributed by atoms with Gasteiger partial charge in [0.15, 0.2) is 6.04 Å². The molecule has 2 aromatic rings. The predicted octanol–water partition coefficient (Wildman–Crippen LogP) is 1.57. The van der Waals surface area contributed by atoms with E-state index in [0.717, 1.165) is 24.4 Å². The van der Waals surface area contributed by atoms with Gasteiger partial charge in [0, 0.05) is 12.0 Å². The van der Waals surface area contributed by atoms with E-state index in [2.05, 4.69) is 17.4 Å². The van der Waals surface area contributed by atoms with E-state index in [0.29, 0.717) is 5.75 Å². The second kappa shape index (κ2) is 7.53. The Bertz CT molecular complexity index is 837. The minimum Gasteiger partial charge on any atom is -0.496 e. The van der Waals surface area contributed by atoms with Crippen molar-refractivity contribution in [2.45, 2.75) is 25.9 Å². The second-order valence-corrected chi connectivity index (χ2v) is 6.45. The van der Waals surface area contributed by atoms with Crippen molar-refractivity contribution in [2.75, 3.05) is 19.0 Å². The number of carbonyl (C=O) groups excluding carboxylic acids is 1. The smallest absolute Gasteiger partial charge is 0.296 e. The normalized spacial score (nSPS) is 17.1. The first-order valence-corrected chi connectivity index (χ1v) is 8.54. The predicted molar refractivity (Wildman–Crippen MR) is 97.4 cm³/mol. The molecule has 26 heavy (non-hydrogen) atoms. The molecule has 136 valence electrons. The minimum absolute atomic E-state index is 0.177. The second-order valence-electron chi connectivity index (χ2n) is 6.45. The van der Waals surface area contributed by atoms with Crippen molar-refractivity contribution in [3.8, 4) is 5.75 Å². The van der Waals surface area contributed by atoms with Crippen LogP contribution in [0.4, 0.5) is 11.4 Å². The maximum atomic E-state index is 12.7. The summed E-state index contributed by atoms with van der Waals surface area (Å²) in [7, 11) is 1.44. The molecule has 1 amide bonds. The Kier molecular flexibility index (Phi) is 5.18. The summed E-state index contributed by atoms with van der Waals surface area (Å²) in [6.45, 7) is 3.49. The number of hydrogen-bond acceptors (Lipinski definition) is 4. The van der Waals surface area contributed by atoms with Gasteiger partial charge in [0.2, 0.25) is 0 Å². The molecule has 0 saturated carbocycles. The molecule has 2 atom stereocenters. The van der Waals surface area contributed by atoms with Gasteiger partial charge in [-0.2, -0.15) is 0 Å². The number of carbonyl (C=O) groups is 1. The highest BCUT2D eigenvalue weighted by atomic mass is 16.6. The topological polar surface area (TPSA) is 85.9 Å². The fraction of sp³-hybridized carbons (Fsp3) is 0.316. The lowest BCUT2D eigenvalue weighted by atomic mass is 9.99. The van der Waals surface area contributed by atoms with Crippen molar-refractivity contribution in [1.82, 2.24) is 0 Å². The summed E-state index contributed by atoms with van der Waals surface area (Å²) in [6, 6.07) is 12.3. The number of fused-ring (bicyclic) bond motifs is 1. The van der Waals surface area contributed by atoms with Crippen molar-refractivity contribution in [2.24, 2.45) is 0 Å². The Morgan fingerprint density at radius 3 is 2.69 bits per heavy atom. The van der Waals surface area contributed by atoms with Crippen LogP contribution in [0.2, 0.25) is 0 Å². The third-order valence-electron chi connectivity index (χ3n) is 4.92. The van der Waals surface area contributed by atoms with Crippen LogP contribution in [0.5, 0.6) is 5.75 Å². The number of rotatable bonds is 5. The Morgan fingerprint density at radius 2 is 2.00 bits per heavy atom. The quantitative estimate of drug-likeness (QED) is 0.629. The number of nitro benzene ring substituents is 1. The molecule has 7 nitrogen and oxygen atoms in total. The number of benzene rings is 2. The lowest BCUT2D eigenvalue weighted by molar-refractivity contribution is -0.929. The number of hydrogen-bond donors (Lipinski definition) is 2. The van der Waals surface area contributed by atoms with Crippen molar-refractivity contribution in [1.29, 1.82) is 0 Å². The summed E-state index contributed by atoms with van der Waals surface area (Å²) in [5.41, 5.74) is 2.59. The summed E-state index contributed by atoms with van der Waals surface area (Å²) in [5.74, 6) is 0.147. The molecule has 0 radical (unpaired) electrons. The minimum atomic E-state index is -0.521. The number of nitrogens with zero attached hydrogens (tertiary/aromatic N) is 1. The van der Waals surface area contributed by atoms with Gasteiger partial charge < -0.3 is 15.0 Å².